The summed E-state index contributed by atoms with van der Waals surface area (Å²) in [5.41, 5.74) is 2.49. The van der Waals surface area contributed by atoms with Crippen LogP contribution in [0.4, 0.5) is 0 Å². The number of carbonyl (C=O) groups excluding carboxylic acids is 1. The molecule has 0 radical (unpaired) electrons. The zero-order chi connectivity index (χ0) is 11.5. The lowest BCUT2D eigenvalue weighted by atomic mass is 10.0. The topological polar surface area (TPSA) is 39.2 Å². The van der Waals surface area contributed by atoms with Gasteiger partial charge < -0.3 is 4.74 Å². The maximum atomic E-state index is 11.7. The van der Waals surface area contributed by atoms with Crippen LogP contribution in [-0.2, 0) is 4.74 Å². The Hall–Kier alpha value is -1.90. The molecule has 3 nitrogen and oxygen atoms in total. The smallest absolute Gasteiger partial charge is 0.338 e. The van der Waals surface area contributed by atoms with Crippen molar-refractivity contribution in [3.05, 3.63) is 41.6 Å². The first-order valence-corrected chi connectivity index (χ1v) is 5.25. The summed E-state index contributed by atoms with van der Waals surface area (Å²) < 4.78 is 5.01. The normalized spacial score (nSPS) is 10.4. The number of pyridine rings is 1. The predicted octanol–water partition coefficient (Wildman–Crippen LogP) is 2.72. The number of fused-ring (bicyclic) bond motifs is 1. The molecule has 2 rings (SSSR count). The van der Waals surface area contributed by atoms with Crippen molar-refractivity contribution in [1.29, 1.82) is 0 Å². The molecule has 1 heterocycles. The van der Waals surface area contributed by atoms with Crippen molar-refractivity contribution in [3.8, 4) is 0 Å². The highest BCUT2D eigenvalue weighted by Crippen LogP contribution is 2.20. The number of rotatable bonds is 2. The quantitative estimate of drug-likeness (QED) is 0.723. The van der Waals surface area contributed by atoms with Gasteiger partial charge in [0.15, 0.2) is 0 Å². The molecule has 0 aliphatic heterocycles. The molecule has 1 aromatic heterocycles. The number of nitrogens with zero attached hydrogens (tertiary/aromatic N) is 1. The molecule has 0 unspecified atom stereocenters. The van der Waals surface area contributed by atoms with Gasteiger partial charge in [-0.3, -0.25) is 4.98 Å². The summed E-state index contributed by atoms with van der Waals surface area (Å²) in [7, 11) is 0. The molecule has 2 aromatic rings. The summed E-state index contributed by atoms with van der Waals surface area (Å²) in [6, 6.07) is 7.39. The molecule has 0 saturated carbocycles. The number of carbonyl (C=O) groups is 1. The summed E-state index contributed by atoms with van der Waals surface area (Å²) in [6.45, 7) is 4.16. The molecule has 82 valence electrons. The van der Waals surface area contributed by atoms with Gasteiger partial charge in [0.2, 0.25) is 0 Å². The molecule has 3 heteroatoms. The van der Waals surface area contributed by atoms with Crippen molar-refractivity contribution in [1.82, 2.24) is 4.98 Å². The monoisotopic (exact) mass is 215 g/mol. The van der Waals surface area contributed by atoms with Gasteiger partial charge in [-0.05, 0) is 31.5 Å². The molecule has 0 saturated heterocycles. The van der Waals surface area contributed by atoms with Crippen LogP contribution in [-0.4, -0.2) is 17.6 Å². The molecule has 0 aliphatic rings. The molecule has 1 aromatic carbocycles. The number of hydrogen-bond donors (Lipinski definition) is 0. The van der Waals surface area contributed by atoms with E-state index in [1.165, 1.54) is 0 Å². The average Bonchev–Trinajstić information content (AvgIpc) is 2.30. The van der Waals surface area contributed by atoms with Gasteiger partial charge in [-0.2, -0.15) is 0 Å². The Morgan fingerprint density at radius 1 is 1.38 bits per heavy atom. The minimum atomic E-state index is -0.291. The highest BCUT2D eigenvalue weighted by atomic mass is 16.5. The van der Waals surface area contributed by atoms with Crippen molar-refractivity contribution in [2.24, 2.45) is 0 Å². The van der Waals surface area contributed by atoms with Crippen LogP contribution in [0.1, 0.15) is 22.8 Å². The second-order valence-corrected chi connectivity index (χ2v) is 3.55. The molecule has 0 N–H and O–H groups in total. The summed E-state index contributed by atoms with van der Waals surface area (Å²) >= 11 is 0. The second kappa shape index (κ2) is 4.31. The second-order valence-electron chi connectivity index (χ2n) is 3.55. The first-order chi connectivity index (χ1) is 7.74. The molecule has 0 atom stereocenters. The van der Waals surface area contributed by atoms with E-state index in [1.807, 2.05) is 25.1 Å². The Bertz CT molecular complexity index is 534. The Morgan fingerprint density at radius 3 is 2.94 bits per heavy atom. The SMILES string of the molecule is CCOC(=O)c1ccc(C)c2ncccc12. The van der Waals surface area contributed by atoms with Gasteiger partial charge in [-0.15, -0.1) is 0 Å². The van der Waals surface area contributed by atoms with Gasteiger partial charge >= 0.3 is 5.97 Å². The minimum Gasteiger partial charge on any atom is -0.462 e. The third kappa shape index (κ3) is 1.76. The standard InChI is InChI=1S/C13H13NO2/c1-3-16-13(15)11-7-6-9(2)12-10(11)5-4-8-14-12/h4-8H,3H2,1-2H3. The van der Waals surface area contributed by atoms with E-state index in [9.17, 15) is 4.79 Å². The fraction of sp³-hybridized carbons (Fsp3) is 0.231. The first-order valence-electron chi connectivity index (χ1n) is 5.25. The average molecular weight is 215 g/mol. The Morgan fingerprint density at radius 2 is 2.19 bits per heavy atom. The van der Waals surface area contributed by atoms with Crippen LogP contribution >= 0.6 is 0 Å². The molecule has 0 bridgehead atoms. The van der Waals surface area contributed by atoms with Crippen molar-refractivity contribution < 1.29 is 9.53 Å². The molecular weight excluding hydrogens is 202 g/mol. The highest BCUT2D eigenvalue weighted by molar-refractivity contribution is 6.04. The third-order valence-electron chi connectivity index (χ3n) is 2.47. The Kier molecular flexibility index (Phi) is 2.86. The van der Waals surface area contributed by atoms with Gasteiger partial charge in [-0.1, -0.05) is 12.1 Å². The van der Waals surface area contributed by atoms with Gasteiger partial charge in [0, 0.05) is 11.6 Å². The van der Waals surface area contributed by atoms with Crippen LogP contribution in [0.15, 0.2) is 30.5 Å². The van der Waals surface area contributed by atoms with E-state index < -0.39 is 0 Å². The van der Waals surface area contributed by atoms with Gasteiger partial charge in [-0.25, -0.2) is 4.79 Å². The van der Waals surface area contributed by atoms with Crippen LogP contribution in [0.5, 0.6) is 0 Å². The van der Waals surface area contributed by atoms with Gasteiger partial charge in [0.25, 0.3) is 0 Å². The lowest BCUT2D eigenvalue weighted by Gasteiger charge is -2.07. The van der Waals surface area contributed by atoms with E-state index >= 15 is 0 Å². The number of esters is 1. The maximum absolute atomic E-state index is 11.7. The number of hydrogen-bond acceptors (Lipinski definition) is 3. The minimum absolute atomic E-state index is 0.291. The largest absolute Gasteiger partial charge is 0.462 e. The third-order valence-corrected chi connectivity index (χ3v) is 2.47. The van der Waals surface area contributed by atoms with Crippen LogP contribution in [0.25, 0.3) is 10.9 Å². The first kappa shape index (κ1) is 10.6. The Labute approximate surface area is 94.1 Å². The van der Waals surface area contributed by atoms with Crippen molar-refractivity contribution in [2.75, 3.05) is 6.61 Å². The zero-order valence-electron chi connectivity index (χ0n) is 9.36. The number of aryl methyl sites for hydroxylation is 1. The lowest BCUT2D eigenvalue weighted by Crippen LogP contribution is -2.05. The zero-order valence-corrected chi connectivity index (χ0v) is 9.36. The fourth-order valence-corrected chi connectivity index (χ4v) is 1.70. The number of ether oxygens (including phenoxy) is 1. The summed E-state index contributed by atoms with van der Waals surface area (Å²) in [5, 5.41) is 0.848. The van der Waals surface area contributed by atoms with E-state index in [0.717, 1.165) is 16.5 Å². The van der Waals surface area contributed by atoms with Crippen LogP contribution in [0, 0.1) is 6.92 Å². The van der Waals surface area contributed by atoms with E-state index in [1.54, 1.807) is 19.2 Å². The Balaban J connectivity index is 2.63. The van der Waals surface area contributed by atoms with Crippen LogP contribution in [0.2, 0.25) is 0 Å². The van der Waals surface area contributed by atoms with E-state index in [2.05, 4.69) is 4.98 Å². The van der Waals surface area contributed by atoms with Crippen molar-refractivity contribution >= 4 is 16.9 Å². The highest BCUT2D eigenvalue weighted by Gasteiger charge is 2.12. The molecule has 0 aliphatic carbocycles. The molecular formula is C13H13NO2. The lowest BCUT2D eigenvalue weighted by molar-refractivity contribution is 0.0528. The number of benzene rings is 1. The van der Waals surface area contributed by atoms with Crippen molar-refractivity contribution in [3.63, 3.8) is 0 Å². The van der Waals surface area contributed by atoms with E-state index in [-0.39, 0.29) is 5.97 Å². The predicted molar refractivity (Wildman–Crippen MR) is 62.4 cm³/mol. The summed E-state index contributed by atoms with van der Waals surface area (Å²) in [5.74, 6) is -0.291. The maximum Gasteiger partial charge on any atom is 0.338 e. The number of aromatic nitrogens is 1. The van der Waals surface area contributed by atoms with E-state index in [4.69, 9.17) is 4.74 Å². The fourth-order valence-electron chi connectivity index (χ4n) is 1.70. The van der Waals surface area contributed by atoms with Gasteiger partial charge in [0.1, 0.15) is 0 Å². The summed E-state index contributed by atoms with van der Waals surface area (Å²) in [6.07, 6.45) is 1.73. The molecule has 0 amide bonds. The van der Waals surface area contributed by atoms with Crippen LogP contribution < -0.4 is 0 Å². The molecule has 16 heavy (non-hydrogen) atoms. The summed E-state index contributed by atoms with van der Waals surface area (Å²) in [4.78, 5) is 16.0. The van der Waals surface area contributed by atoms with Crippen LogP contribution in [0.3, 0.4) is 0 Å². The molecule has 0 spiro atoms. The van der Waals surface area contributed by atoms with Crippen molar-refractivity contribution in [2.45, 2.75) is 13.8 Å². The van der Waals surface area contributed by atoms with Gasteiger partial charge in [0.05, 0.1) is 17.7 Å². The molecule has 0 fully saturated rings. The van der Waals surface area contributed by atoms with E-state index in [0.29, 0.717) is 12.2 Å².